The Hall–Kier alpha value is -3.68. The van der Waals surface area contributed by atoms with E-state index in [0.717, 1.165) is 11.1 Å². The topological polar surface area (TPSA) is 86.3 Å². The van der Waals surface area contributed by atoms with Crippen molar-refractivity contribution in [1.29, 1.82) is 0 Å². The monoisotopic (exact) mass is 440 g/mol. The zero-order valence-electron chi connectivity index (χ0n) is 18.9. The summed E-state index contributed by atoms with van der Waals surface area (Å²) in [6.45, 7) is 2.11. The van der Waals surface area contributed by atoms with E-state index in [2.05, 4.69) is 5.32 Å². The number of carbonyl (C=O) groups excluding carboxylic acids is 2. The van der Waals surface area contributed by atoms with Gasteiger partial charge >= 0.3 is 12.0 Å². The number of carbonyl (C=O) groups is 2. The first-order valence-corrected chi connectivity index (χ1v) is 10.2. The van der Waals surface area contributed by atoms with Gasteiger partial charge in [-0.05, 0) is 36.6 Å². The zero-order chi connectivity index (χ0) is 23.3. The summed E-state index contributed by atoms with van der Waals surface area (Å²) in [4.78, 5) is 27.1. The van der Waals surface area contributed by atoms with Gasteiger partial charge in [-0.15, -0.1) is 0 Å². The first kappa shape index (κ1) is 23.0. The number of hydrogen-bond acceptors (Lipinski definition) is 6. The van der Waals surface area contributed by atoms with Gasteiger partial charge in [0.25, 0.3) is 0 Å². The average Bonchev–Trinajstić information content (AvgIpc) is 2.82. The molecule has 1 atom stereocenters. The number of ether oxygens (including phenoxy) is 4. The maximum Gasteiger partial charge on any atom is 0.337 e. The van der Waals surface area contributed by atoms with Crippen molar-refractivity contribution in [2.24, 2.45) is 0 Å². The number of allylic oxidation sites excluding steroid dienone is 1. The van der Waals surface area contributed by atoms with Crippen molar-refractivity contribution in [2.75, 3.05) is 35.0 Å². The van der Waals surface area contributed by atoms with Crippen LogP contribution < -0.4 is 19.5 Å². The molecule has 1 aliphatic heterocycles. The molecular weight excluding hydrogens is 412 g/mol. The van der Waals surface area contributed by atoms with Crippen LogP contribution in [0.4, 0.5) is 4.79 Å². The van der Waals surface area contributed by atoms with Crippen molar-refractivity contribution >= 4 is 12.0 Å². The summed E-state index contributed by atoms with van der Waals surface area (Å²) < 4.78 is 21.2. The second kappa shape index (κ2) is 10.1. The van der Waals surface area contributed by atoms with Gasteiger partial charge in [0.1, 0.15) is 0 Å². The Morgan fingerprint density at radius 3 is 2.16 bits per heavy atom. The van der Waals surface area contributed by atoms with Gasteiger partial charge in [0.15, 0.2) is 11.5 Å². The average molecular weight is 440 g/mol. The van der Waals surface area contributed by atoms with Crippen molar-refractivity contribution in [1.82, 2.24) is 10.2 Å². The van der Waals surface area contributed by atoms with Gasteiger partial charge in [-0.2, -0.15) is 0 Å². The summed E-state index contributed by atoms with van der Waals surface area (Å²) >= 11 is 0. The molecule has 170 valence electrons. The highest BCUT2D eigenvalue weighted by Gasteiger charge is 2.36. The lowest BCUT2D eigenvalue weighted by Crippen LogP contribution is -2.48. The highest BCUT2D eigenvalue weighted by Crippen LogP contribution is 2.38. The van der Waals surface area contributed by atoms with E-state index in [1.54, 1.807) is 33.2 Å². The molecule has 2 amide bonds. The molecule has 3 rings (SSSR count). The van der Waals surface area contributed by atoms with Crippen LogP contribution in [0.1, 0.15) is 24.1 Å². The minimum Gasteiger partial charge on any atom is -0.493 e. The summed E-state index contributed by atoms with van der Waals surface area (Å²) in [6.07, 6.45) is 0.506. The summed E-state index contributed by atoms with van der Waals surface area (Å²) in [5.41, 5.74) is 2.67. The molecule has 0 aromatic heterocycles. The summed E-state index contributed by atoms with van der Waals surface area (Å²) in [7, 11) is 5.99. The molecule has 0 spiro atoms. The van der Waals surface area contributed by atoms with Gasteiger partial charge in [0, 0.05) is 12.2 Å². The lowest BCUT2D eigenvalue weighted by Gasteiger charge is -2.35. The fourth-order valence-electron chi connectivity index (χ4n) is 3.84. The molecule has 1 unspecified atom stereocenters. The van der Waals surface area contributed by atoms with Crippen molar-refractivity contribution in [2.45, 2.75) is 19.4 Å². The predicted molar refractivity (Wildman–Crippen MR) is 119 cm³/mol. The number of rotatable bonds is 8. The lowest BCUT2D eigenvalue weighted by atomic mass is 9.95. The minimum absolute atomic E-state index is 0.281. The summed E-state index contributed by atoms with van der Waals surface area (Å²) in [5.74, 6) is 1.10. The number of benzene rings is 2. The SMILES string of the molecule is COC(=O)C1=C(C)N(CCc2cc(OC)c(OC)c(OC)c2)C(=O)NC1c1ccccc1. The molecule has 8 heteroatoms. The molecule has 0 saturated heterocycles. The fourth-order valence-corrected chi connectivity index (χ4v) is 3.84. The van der Waals surface area contributed by atoms with Gasteiger partial charge in [-0.1, -0.05) is 30.3 Å². The quantitative estimate of drug-likeness (QED) is 0.633. The van der Waals surface area contributed by atoms with E-state index in [-0.39, 0.29) is 6.03 Å². The molecule has 2 aromatic carbocycles. The zero-order valence-corrected chi connectivity index (χ0v) is 18.9. The Bertz CT molecular complexity index is 993. The second-order valence-electron chi connectivity index (χ2n) is 7.22. The molecular formula is C24H28N2O6. The van der Waals surface area contributed by atoms with Gasteiger partial charge in [0.05, 0.1) is 40.1 Å². The molecule has 2 aromatic rings. The van der Waals surface area contributed by atoms with E-state index in [1.807, 2.05) is 42.5 Å². The number of urea groups is 1. The largest absolute Gasteiger partial charge is 0.493 e. The summed E-state index contributed by atoms with van der Waals surface area (Å²) in [6, 6.07) is 12.2. The molecule has 0 bridgehead atoms. The third-order valence-electron chi connectivity index (χ3n) is 5.48. The van der Waals surface area contributed by atoms with E-state index in [0.29, 0.717) is 41.5 Å². The van der Waals surface area contributed by atoms with Crippen molar-refractivity contribution < 1.29 is 28.5 Å². The van der Waals surface area contributed by atoms with Crippen molar-refractivity contribution in [3.63, 3.8) is 0 Å². The van der Waals surface area contributed by atoms with Crippen LogP contribution in [0.25, 0.3) is 0 Å². The smallest absolute Gasteiger partial charge is 0.337 e. The number of nitrogens with one attached hydrogen (secondary N) is 1. The Morgan fingerprint density at radius 2 is 1.62 bits per heavy atom. The molecule has 0 fully saturated rings. The minimum atomic E-state index is -0.575. The molecule has 32 heavy (non-hydrogen) atoms. The molecule has 1 aliphatic rings. The maximum absolute atomic E-state index is 13.0. The molecule has 0 saturated carbocycles. The Balaban J connectivity index is 1.91. The highest BCUT2D eigenvalue weighted by molar-refractivity contribution is 5.95. The standard InChI is InChI=1S/C24H28N2O6/c1-15-20(23(27)32-5)21(17-9-7-6-8-10-17)25-24(28)26(15)12-11-16-13-18(29-2)22(31-4)19(14-16)30-3/h6-10,13-14,21H,11-12H2,1-5H3,(H,25,28). The van der Waals surface area contributed by atoms with Crippen LogP contribution in [0.3, 0.4) is 0 Å². The second-order valence-corrected chi connectivity index (χ2v) is 7.22. The first-order chi connectivity index (χ1) is 15.4. The predicted octanol–water partition coefficient (Wildman–Crippen LogP) is 3.47. The van der Waals surface area contributed by atoms with E-state index >= 15 is 0 Å². The van der Waals surface area contributed by atoms with Crippen LogP contribution in [0.2, 0.25) is 0 Å². The van der Waals surface area contributed by atoms with Crippen LogP contribution in [0.5, 0.6) is 17.2 Å². The van der Waals surface area contributed by atoms with Crippen molar-refractivity contribution in [3.8, 4) is 17.2 Å². The van der Waals surface area contributed by atoms with Gasteiger partial charge in [0.2, 0.25) is 5.75 Å². The number of hydrogen-bond donors (Lipinski definition) is 1. The molecule has 1 N–H and O–H groups in total. The number of methoxy groups -OCH3 is 4. The van der Waals surface area contributed by atoms with Gasteiger partial charge in [-0.3, -0.25) is 4.90 Å². The Kier molecular flexibility index (Phi) is 7.25. The molecule has 0 aliphatic carbocycles. The van der Waals surface area contributed by atoms with Crippen LogP contribution >= 0.6 is 0 Å². The highest BCUT2D eigenvalue weighted by atomic mass is 16.5. The fraction of sp³-hybridized carbons (Fsp3) is 0.333. The summed E-state index contributed by atoms with van der Waals surface area (Å²) in [5, 5.41) is 2.94. The van der Waals surface area contributed by atoms with E-state index in [4.69, 9.17) is 18.9 Å². The molecule has 0 radical (unpaired) electrons. The maximum atomic E-state index is 13.0. The van der Waals surface area contributed by atoms with Crippen LogP contribution in [0, 0.1) is 0 Å². The van der Waals surface area contributed by atoms with E-state index < -0.39 is 12.0 Å². The number of amides is 2. The Morgan fingerprint density at radius 1 is 1.00 bits per heavy atom. The lowest BCUT2D eigenvalue weighted by molar-refractivity contribution is -0.136. The van der Waals surface area contributed by atoms with E-state index in [1.165, 1.54) is 7.11 Å². The molecule has 8 nitrogen and oxygen atoms in total. The van der Waals surface area contributed by atoms with Crippen LogP contribution in [-0.4, -0.2) is 51.9 Å². The third kappa shape index (κ3) is 4.49. The van der Waals surface area contributed by atoms with Gasteiger partial charge < -0.3 is 24.3 Å². The van der Waals surface area contributed by atoms with E-state index in [9.17, 15) is 9.59 Å². The Labute approximate surface area is 187 Å². The van der Waals surface area contributed by atoms with Crippen molar-refractivity contribution in [3.05, 3.63) is 64.9 Å². The normalized spacial score (nSPS) is 15.8. The third-order valence-corrected chi connectivity index (χ3v) is 5.48. The molecule has 1 heterocycles. The van der Waals surface area contributed by atoms with Crippen LogP contribution in [-0.2, 0) is 16.0 Å². The number of nitrogens with zero attached hydrogens (tertiary/aromatic N) is 1. The van der Waals surface area contributed by atoms with Crippen LogP contribution in [0.15, 0.2) is 53.7 Å². The van der Waals surface area contributed by atoms with Gasteiger partial charge in [-0.25, -0.2) is 9.59 Å². The first-order valence-electron chi connectivity index (χ1n) is 10.2. The number of esters is 1.